The third-order valence-corrected chi connectivity index (χ3v) is 6.80. The van der Waals surface area contributed by atoms with Crippen LogP contribution in [0.2, 0.25) is 0 Å². The topological polar surface area (TPSA) is 125 Å². The molecule has 2 unspecified atom stereocenters. The maximum absolute atomic E-state index is 14.0. The van der Waals surface area contributed by atoms with Crippen molar-refractivity contribution in [3.8, 4) is 22.4 Å². The minimum Gasteiger partial charge on any atom is -0.481 e. The number of halogens is 1. The largest absolute Gasteiger partial charge is 0.481 e. The standard InChI is InChI=1S/C32H34FN3O5/c1-20(2)30-29(32(41)35-26-10-6-7-16-34-26)28(21-8-4-3-5-9-21)31(22-11-13-23(33)14-12-22)36(30)17-15-24(37)18-25(38)19-27(39)40/h3-14,16,20,24-25,37-38H,15,17-19H2,1-2H3,(H,39,40)(H,34,35,41). The molecule has 8 nitrogen and oxygen atoms in total. The van der Waals surface area contributed by atoms with Crippen LogP contribution in [0.15, 0.2) is 79.0 Å². The number of nitrogens with one attached hydrogen (secondary N) is 1. The molecule has 0 aliphatic heterocycles. The Kier molecular flexibility index (Phi) is 9.65. The summed E-state index contributed by atoms with van der Waals surface area (Å²) in [5.74, 6) is -1.64. The first-order chi connectivity index (χ1) is 19.7. The lowest BCUT2D eigenvalue weighted by atomic mass is 9.94. The van der Waals surface area contributed by atoms with Gasteiger partial charge in [0.05, 0.1) is 29.9 Å². The highest BCUT2D eigenvalue weighted by molar-refractivity contribution is 6.12. The van der Waals surface area contributed by atoms with Crippen molar-refractivity contribution >= 4 is 17.7 Å². The highest BCUT2D eigenvalue weighted by Gasteiger charge is 2.31. The van der Waals surface area contributed by atoms with E-state index in [1.807, 2.05) is 48.7 Å². The van der Waals surface area contributed by atoms with Crippen LogP contribution in [0, 0.1) is 5.82 Å². The van der Waals surface area contributed by atoms with E-state index in [2.05, 4.69) is 10.3 Å². The zero-order chi connectivity index (χ0) is 29.5. The number of pyridine rings is 1. The Labute approximate surface area is 238 Å². The van der Waals surface area contributed by atoms with E-state index in [9.17, 15) is 24.2 Å². The van der Waals surface area contributed by atoms with Gasteiger partial charge in [0, 0.05) is 24.0 Å². The Bertz CT molecular complexity index is 1470. The molecule has 4 rings (SSSR count). The summed E-state index contributed by atoms with van der Waals surface area (Å²) in [7, 11) is 0. The quantitative estimate of drug-likeness (QED) is 0.176. The number of nitrogens with zero attached hydrogens (tertiary/aromatic N) is 2. The molecule has 4 N–H and O–H groups in total. The maximum atomic E-state index is 14.0. The van der Waals surface area contributed by atoms with E-state index in [-0.39, 0.29) is 31.2 Å². The van der Waals surface area contributed by atoms with Gasteiger partial charge in [-0.25, -0.2) is 9.37 Å². The Morgan fingerprint density at radius 3 is 2.22 bits per heavy atom. The molecule has 2 heterocycles. The van der Waals surface area contributed by atoms with Crippen LogP contribution in [0.1, 0.15) is 55.1 Å². The number of rotatable bonds is 12. The summed E-state index contributed by atoms with van der Waals surface area (Å²) < 4.78 is 16.0. The van der Waals surface area contributed by atoms with Crippen LogP contribution in [0.4, 0.5) is 10.2 Å². The fraction of sp³-hybridized carbons (Fsp3) is 0.281. The van der Waals surface area contributed by atoms with Gasteiger partial charge in [0.15, 0.2) is 0 Å². The SMILES string of the molecule is CC(C)c1c(C(=O)Nc2ccccn2)c(-c2ccccc2)c(-c2ccc(F)cc2)n1CCC(O)CC(O)CC(=O)O. The van der Waals surface area contributed by atoms with E-state index in [4.69, 9.17) is 5.11 Å². The summed E-state index contributed by atoms with van der Waals surface area (Å²) >= 11 is 0. The van der Waals surface area contributed by atoms with Gasteiger partial charge in [0.25, 0.3) is 5.91 Å². The highest BCUT2D eigenvalue weighted by Crippen LogP contribution is 2.42. The number of anilines is 1. The number of hydrogen-bond donors (Lipinski definition) is 4. The number of benzene rings is 2. The highest BCUT2D eigenvalue weighted by atomic mass is 19.1. The van der Waals surface area contributed by atoms with Crippen molar-refractivity contribution < 1.29 is 29.3 Å². The average Bonchev–Trinajstić information content (AvgIpc) is 3.28. The summed E-state index contributed by atoms with van der Waals surface area (Å²) in [6.07, 6.45) is -0.961. The number of aliphatic hydroxyl groups excluding tert-OH is 2. The number of carbonyl (C=O) groups excluding carboxylic acids is 1. The van der Waals surface area contributed by atoms with Gasteiger partial charge >= 0.3 is 5.97 Å². The lowest BCUT2D eigenvalue weighted by Crippen LogP contribution is -2.22. The lowest BCUT2D eigenvalue weighted by molar-refractivity contribution is -0.139. The number of aromatic nitrogens is 2. The first-order valence-corrected chi connectivity index (χ1v) is 13.5. The van der Waals surface area contributed by atoms with E-state index in [1.165, 1.54) is 12.1 Å². The van der Waals surface area contributed by atoms with E-state index in [0.717, 1.165) is 11.3 Å². The molecular weight excluding hydrogens is 525 g/mol. The van der Waals surface area contributed by atoms with Crippen LogP contribution in [-0.4, -0.2) is 49.0 Å². The van der Waals surface area contributed by atoms with Crippen molar-refractivity contribution in [2.24, 2.45) is 0 Å². The number of hydrogen-bond acceptors (Lipinski definition) is 5. The number of aliphatic carboxylic acids is 1. The molecule has 0 aliphatic carbocycles. The smallest absolute Gasteiger partial charge is 0.305 e. The van der Waals surface area contributed by atoms with Crippen LogP contribution in [0.25, 0.3) is 22.4 Å². The number of carboxylic acid groups (broad SMARTS) is 1. The van der Waals surface area contributed by atoms with Gasteiger partial charge in [-0.15, -0.1) is 0 Å². The minimum absolute atomic E-state index is 0.102. The molecule has 214 valence electrons. The monoisotopic (exact) mass is 559 g/mol. The molecule has 0 spiro atoms. The predicted octanol–water partition coefficient (Wildman–Crippen LogP) is 5.71. The normalized spacial score (nSPS) is 12.7. The summed E-state index contributed by atoms with van der Waals surface area (Å²) in [6, 6.07) is 20.7. The van der Waals surface area contributed by atoms with Gasteiger partial charge in [-0.3, -0.25) is 9.59 Å². The molecule has 2 atom stereocenters. The van der Waals surface area contributed by atoms with Crippen molar-refractivity contribution in [2.75, 3.05) is 5.32 Å². The second-order valence-electron chi connectivity index (χ2n) is 10.3. The van der Waals surface area contributed by atoms with Crippen LogP contribution < -0.4 is 5.32 Å². The van der Waals surface area contributed by atoms with Crippen molar-refractivity contribution in [2.45, 2.75) is 57.8 Å². The van der Waals surface area contributed by atoms with E-state index in [1.54, 1.807) is 36.5 Å². The van der Waals surface area contributed by atoms with Gasteiger partial charge in [-0.2, -0.15) is 0 Å². The van der Waals surface area contributed by atoms with Crippen molar-refractivity contribution in [3.05, 3.63) is 96.1 Å². The van der Waals surface area contributed by atoms with Gasteiger partial charge in [-0.1, -0.05) is 50.2 Å². The average molecular weight is 560 g/mol. The van der Waals surface area contributed by atoms with E-state index >= 15 is 0 Å². The third kappa shape index (κ3) is 7.25. The first kappa shape index (κ1) is 29.6. The van der Waals surface area contributed by atoms with Gasteiger partial charge < -0.3 is 25.2 Å². The molecule has 0 fully saturated rings. The molecule has 2 aromatic carbocycles. The third-order valence-electron chi connectivity index (χ3n) is 6.80. The van der Waals surface area contributed by atoms with Crippen molar-refractivity contribution in [1.82, 2.24) is 9.55 Å². The van der Waals surface area contributed by atoms with Gasteiger partial charge in [0.1, 0.15) is 11.6 Å². The zero-order valence-corrected chi connectivity index (χ0v) is 23.0. The summed E-state index contributed by atoms with van der Waals surface area (Å²) in [4.78, 5) is 29.2. The zero-order valence-electron chi connectivity index (χ0n) is 23.0. The van der Waals surface area contributed by atoms with Crippen LogP contribution in [0.5, 0.6) is 0 Å². The summed E-state index contributed by atoms with van der Waals surface area (Å²) in [5.41, 5.74) is 3.98. The molecule has 2 aromatic heterocycles. The number of carboxylic acids is 1. The van der Waals surface area contributed by atoms with E-state index in [0.29, 0.717) is 28.2 Å². The molecule has 4 aromatic rings. The Morgan fingerprint density at radius 1 is 0.927 bits per heavy atom. The first-order valence-electron chi connectivity index (χ1n) is 13.5. The summed E-state index contributed by atoms with van der Waals surface area (Å²) in [5, 5.41) is 32.7. The molecule has 0 radical (unpaired) electrons. The maximum Gasteiger partial charge on any atom is 0.305 e. The minimum atomic E-state index is -1.19. The molecule has 0 aliphatic rings. The van der Waals surface area contributed by atoms with Gasteiger partial charge in [0.2, 0.25) is 0 Å². The van der Waals surface area contributed by atoms with Crippen LogP contribution in [-0.2, 0) is 11.3 Å². The second kappa shape index (κ2) is 13.3. The molecule has 1 amide bonds. The number of aliphatic hydroxyl groups is 2. The Balaban J connectivity index is 1.89. The summed E-state index contributed by atoms with van der Waals surface area (Å²) in [6.45, 7) is 4.21. The number of carbonyl (C=O) groups is 2. The molecule has 0 saturated carbocycles. The van der Waals surface area contributed by atoms with Crippen LogP contribution >= 0.6 is 0 Å². The fourth-order valence-corrected chi connectivity index (χ4v) is 5.10. The van der Waals surface area contributed by atoms with Crippen molar-refractivity contribution in [1.29, 1.82) is 0 Å². The molecule has 0 bridgehead atoms. The molecule has 41 heavy (non-hydrogen) atoms. The van der Waals surface area contributed by atoms with E-state index < -0.39 is 30.4 Å². The fourth-order valence-electron chi connectivity index (χ4n) is 5.10. The predicted molar refractivity (Wildman–Crippen MR) is 155 cm³/mol. The van der Waals surface area contributed by atoms with Crippen LogP contribution in [0.3, 0.4) is 0 Å². The number of amides is 1. The molecule has 9 heteroatoms. The molecule has 0 saturated heterocycles. The Morgan fingerprint density at radius 2 is 1.61 bits per heavy atom. The lowest BCUT2D eigenvalue weighted by Gasteiger charge is -2.20. The Hall–Kier alpha value is -4.34. The van der Waals surface area contributed by atoms with Gasteiger partial charge in [-0.05, 0) is 66.3 Å². The molecular formula is C32H34FN3O5. The van der Waals surface area contributed by atoms with Crippen molar-refractivity contribution in [3.63, 3.8) is 0 Å². The second-order valence-corrected chi connectivity index (χ2v) is 10.3.